The van der Waals surface area contributed by atoms with Crippen molar-refractivity contribution in [1.29, 1.82) is 0 Å². The van der Waals surface area contributed by atoms with E-state index < -0.39 is 22.9 Å². The van der Waals surface area contributed by atoms with Crippen molar-refractivity contribution < 1.29 is 18.8 Å². The third-order valence-corrected chi connectivity index (χ3v) is 4.04. The van der Waals surface area contributed by atoms with E-state index in [9.17, 15) is 14.1 Å². The molecule has 2 aliphatic rings. The Balaban J connectivity index is 2.29. The molecular weight excluding hydrogens is 230 g/mol. The molecule has 0 aromatic heterocycles. The van der Waals surface area contributed by atoms with Gasteiger partial charge >= 0.3 is 5.97 Å². The molecule has 88 valence electrons. The van der Waals surface area contributed by atoms with Gasteiger partial charge in [-0.3, -0.25) is 0 Å². The number of carbonyl (C=O) groups excluding carboxylic acids is 1. The fourth-order valence-corrected chi connectivity index (χ4v) is 3.16. The van der Waals surface area contributed by atoms with Gasteiger partial charge in [0.15, 0.2) is 0 Å². The first-order valence-corrected chi connectivity index (χ1v) is 6.23. The third-order valence-electron chi connectivity index (χ3n) is 2.64. The van der Waals surface area contributed by atoms with Gasteiger partial charge in [0.2, 0.25) is 0 Å². The van der Waals surface area contributed by atoms with Crippen molar-refractivity contribution in [2.75, 3.05) is 7.11 Å². The van der Waals surface area contributed by atoms with E-state index in [1.54, 1.807) is 0 Å². The van der Waals surface area contributed by atoms with Crippen LogP contribution in [0.2, 0.25) is 0 Å². The molecular formula is C10H13NO4S. The van der Waals surface area contributed by atoms with Crippen LogP contribution in [-0.4, -0.2) is 28.5 Å². The van der Waals surface area contributed by atoms with E-state index in [1.807, 2.05) is 0 Å². The minimum absolute atomic E-state index is 0.189. The Labute approximate surface area is 95.6 Å². The normalized spacial score (nSPS) is 29.0. The molecule has 6 heteroatoms. The van der Waals surface area contributed by atoms with Crippen LogP contribution < -0.4 is 5.32 Å². The fourth-order valence-electron chi connectivity index (χ4n) is 1.88. The van der Waals surface area contributed by atoms with Crippen LogP contribution in [0.25, 0.3) is 0 Å². The van der Waals surface area contributed by atoms with Gasteiger partial charge in [-0.15, -0.1) is 0 Å². The Kier molecular flexibility index (Phi) is 3.11. The number of allylic oxidation sites excluding steroid dienone is 1. The quantitative estimate of drug-likeness (QED) is 0.639. The second kappa shape index (κ2) is 4.39. The van der Waals surface area contributed by atoms with Gasteiger partial charge in [-0.05, 0) is 19.3 Å². The van der Waals surface area contributed by atoms with Crippen LogP contribution in [0.15, 0.2) is 21.7 Å². The highest BCUT2D eigenvalue weighted by molar-refractivity contribution is 7.92. The molecule has 2 atom stereocenters. The van der Waals surface area contributed by atoms with E-state index in [0.717, 1.165) is 6.42 Å². The highest BCUT2D eigenvalue weighted by Gasteiger charge is 2.30. The van der Waals surface area contributed by atoms with Crippen LogP contribution in [0.1, 0.15) is 19.3 Å². The summed E-state index contributed by atoms with van der Waals surface area (Å²) in [6, 6.07) is 0. The molecule has 0 fully saturated rings. The first kappa shape index (κ1) is 11.3. The first-order chi connectivity index (χ1) is 7.63. The van der Waals surface area contributed by atoms with E-state index in [2.05, 4.69) is 10.1 Å². The Hall–Kier alpha value is -1.14. The average molecular weight is 243 g/mol. The van der Waals surface area contributed by atoms with Gasteiger partial charge in [0.05, 0.1) is 28.9 Å². The Morgan fingerprint density at radius 1 is 1.69 bits per heavy atom. The molecule has 2 rings (SSSR count). The van der Waals surface area contributed by atoms with Gasteiger partial charge in [-0.25, -0.2) is 9.00 Å². The lowest BCUT2D eigenvalue weighted by atomic mass is 10.0. The highest BCUT2D eigenvalue weighted by atomic mass is 32.2. The summed E-state index contributed by atoms with van der Waals surface area (Å²) in [5.41, 5.74) is 0.883. The first-order valence-electron chi connectivity index (χ1n) is 5.02. The van der Waals surface area contributed by atoms with Crippen molar-refractivity contribution in [2.24, 2.45) is 0 Å². The summed E-state index contributed by atoms with van der Waals surface area (Å²) >= 11 is 0. The number of esters is 1. The summed E-state index contributed by atoms with van der Waals surface area (Å²) in [6.45, 7) is 0. The topological polar surface area (TPSA) is 75.6 Å². The predicted molar refractivity (Wildman–Crippen MR) is 58.3 cm³/mol. The summed E-state index contributed by atoms with van der Waals surface area (Å²) in [7, 11) is -0.164. The molecule has 0 aromatic rings. The molecule has 1 aliphatic heterocycles. The maximum atomic E-state index is 11.8. The van der Waals surface area contributed by atoms with Crippen molar-refractivity contribution in [2.45, 2.75) is 25.4 Å². The lowest BCUT2D eigenvalue weighted by Crippen LogP contribution is -2.33. The van der Waals surface area contributed by atoms with E-state index in [-0.39, 0.29) is 5.70 Å². The molecule has 2 N–H and O–H groups in total. The zero-order valence-electron chi connectivity index (χ0n) is 8.86. The molecule has 0 aromatic carbocycles. The van der Waals surface area contributed by atoms with Crippen LogP contribution in [0.5, 0.6) is 0 Å². The smallest absolute Gasteiger partial charge is 0.355 e. The Morgan fingerprint density at radius 3 is 3.12 bits per heavy atom. The second-order valence-electron chi connectivity index (χ2n) is 3.70. The summed E-state index contributed by atoms with van der Waals surface area (Å²) < 4.78 is 16.4. The number of carbonyl (C=O) groups is 1. The molecule has 16 heavy (non-hydrogen) atoms. The van der Waals surface area contributed by atoms with Crippen LogP contribution >= 0.6 is 0 Å². The number of aliphatic hydroxyl groups excluding tert-OH is 1. The SMILES string of the molecule is COC(=O)C1=CS(=O)C2=C(CCCC2O)N1. The minimum Gasteiger partial charge on any atom is -0.464 e. The molecule has 0 radical (unpaired) electrons. The maximum Gasteiger partial charge on any atom is 0.355 e. The van der Waals surface area contributed by atoms with Crippen LogP contribution in [-0.2, 0) is 20.3 Å². The van der Waals surface area contributed by atoms with E-state index >= 15 is 0 Å². The van der Waals surface area contributed by atoms with Crippen LogP contribution in [0.4, 0.5) is 0 Å². The average Bonchev–Trinajstić information content (AvgIpc) is 2.27. The molecule has 0 saturated carbocycles. The zero-order valence-corrected chi connectivity index (χ0v) is 9.67. The van der Waals surface area contributed by atoms with Gasteiger partial charge in [-0.1, -0.05) is 0 Å². The summed E-state index contributed by atoms with van der Waals surface area (Å²) in [5.74, 6) is -0.542. The number of hydrogen-bond acceptors (Lipinski definition) is 5. The largest absolute Gasteiger partial charge is 0.464 e. The number of hydrogen-bond donors (Lipinski definition) is 2. The monoisotopic (exact) mass is 243 g/mol. The molecule has 2 unspecified atom stereocenters. The molecule has 0 spiro atoms. The van der Waals surface area contributed by atoms with Gasteiger partial charge in [-0.2, -0.15) is 0 Å². The summed E-state index contributed by atoms with van der Waals surface area (Å²) in [6.07, 6.45) is 1.46. The Morgan fingerprint density at radius 2 is 2.44 bits per heavy atom. The van der Waals surface area contributed by atoms with Gasteiger partial charge in [0.1, 0.15) is 5.70 Å². The zero-order chi connectivity index (χ0) is 11.7. The van der Waals surface area contributed by atoms with Crippen LogP contribution in [0.3, 0.4) is 0 Å². The third kappa shape index (κ3) is 1.90. The van der Waals surface area contributed by atoms with E-state index in [4.69, 9.17) is 0 Å². The van der Waals surface area contributed by atoms with E-state index in [1.165, 1.54) is 12.5 Å². The number of ether oxygens (including phenoxy) is 1. The van der Waals surface area contributed by atoms with Crippen molar-refractivity contribution in [3.63, 3.8) is 0 Å². The lowest BCUT2D eigenvalue weighted by Gasteiger charge is -2.27. The second-order valence-corrected chi connectivity index (χ2v) is 4.97. The molecule has 0 bridgehead atoms. The number of nitrogens with one attached hydrogen (secondary N) is 1. The molecule has 1 heterocycles. The Bertz CT molecular complexity index is 413. The maximum absolute atomic E-state index is 11.8. The van der Waals surface area contributed by atoms with E-state index in [0.29, 0.717) is 23.4 Å². The number of rotatable bonds is 1. The molecule has 1 aliphatic carbocycles. The van der Waals surface area contributed by atoms with Crippen molar-refractivity contribution in [3.8, 4) is 0 Å². The molecule has 0 amide bonds. The predicted octanol–water partition coefficient (Wildman–Crippen LogP) is 0.109. The van der Waals surface area contributed by atoms with Gasteiger partial charge in [0, 0.05) is 11.1 Å². The van der Waals surface area contributed by atoms with Crippen LogP contribution in [0, 0.1) is 0 Å². The molecule has 5 nitrogen and oxygen atoms in total. The van der Waals surface area contributed by atoms with Gasteiger partial charge < -0.3 is 15.2 Å². The fraction of sp³-hybridized carbons (Fsp3) is 0.500. The summed E-state index contributed by atoms with van der Waals surface area (Å²) in [5, 5.41) is 13.9. The molecule has 0 saturated heterocycles. The van der Waals surface area contributed by atoms with Crippen molar-refractivity contribution in [3.05, 3.63) is 21.7 Å². The van der Waals surface area contributed by atoms with Crippen molar-refractivity contribution >= 4 is 16.8 Å². The standard InChI is InChI=1S/C10H13NO4S/c1-15-10(13)7-5-16(14)9-6(11-7)3-2-4-8(9)12/h5,8,11-12H,2-4H2,1H3. The number of methoxy groups -OCH3 is 1. The highest BCUT2D eigenvalue weighted by Crippen LogP contribution is 2.30. The lowest BCUT2D eigenvalue weighted by molar-refractivity contribution is -0.136. The van der Waals surface area contributed by atoms with Crippen molar-refractivity contribution in [1.82, 2.24) is 5.32 Å². The number of aliphatic hydroxyl groups is 1. The van der Waals surface area contributed by atoms with Gasteiger partial charge in [0.25, 0.3) is 0 Å². The summed E-state index contributed by atoms with van der Waals surface area (Å²) in [4.78, 5) is 11.8. The minimum atomic E-state index is -1.43.